The minimum absolute atomic E-state index is 0.223. The molecule has 0 radical (unpaired) electrons. The maximum atomic E-state index is 10.7. The van der Waals surface area contributed by atoms with Crippen LogP contribution in [0.2, 0.25) is 0 Å². The van der Waals surface area contributed by atoms with Gasteiger partial charge in [-0.3, -0.25) is 0 Å². The van der Waals surface area contributed by atoms with Crippen molar-refractivity contribution in [3.05, 3.63) is 60.5 Å². The van der Waals surface area contributed by atoms with Crippen molar-refractivity contribution in [1.29, 1.82) is 0 Å². The second-order valence-corrected chi connectivity index (χ2v) is 8.11. The van der Waals surface area contributed by atoms with Crippen molar-refractivity contribution in [3.8, 4) is 11.8 Å². The third-order valence-corrected chi connectivity index (χ3v) is 5.09. The molecular formula is C25H31N5O. The Morgan fingerprint density at radius 1 is 1.10 bits per heavy atom. The van der Waals surface area contributed by atoms with Gasteiger partial charge in [0.1, 0.15) is 0 Å². The molecule has 6 heteroatoms. The van der Waals surface area contributed by atoms with E-state index in [-0.39, 0.29) is 5.92 Å². The lowest BCUT2D eigenvalue weighted by Gasteiger charge is -2.29. The fraction of sp³-hybridized carbons (Fsp3) is 0.400. The molecule has 0 aliphatic heterocycles. The molecule has 0 bridgehead atoms. The molecule has 0 fully saturated rings. The lowest BCUT2D eigenvalue weighted by Crippen LogP contribution is -2.40. The number of para-hydroxylation sites is 1. The predicted molar refractivity (Wildman–Crippen MR) is 127 cm³/mol. The number of hydrogen-bond donors (Lipinski definition) is 1. The van der Waals surface area contributed by atoms with Crippen molar-refractivity contribution >= 4 is 17.6 Å². The average molecular weight is 418 g/mol. The summed E-state index contributed by atoms with van der Waals surface area (Å²) in [6.07, 6.45) is 10.3. The minimum Gasteiger partial charge on any atom is -0.388 e. The lowest BCUT2D eigenvalue weighted by molar-refractivity contribution is 0.0579. The SMILES string of the molecule is CCCC(C)(O)CN(C)c1nc(C2C#CC/C=C\C=C2)nc(N(C)c2ccccc2)n1. The number of rotatable bonds is 8. The molecule has 3 rings (SSSR count). The van der Waals surface area contributed by atoms with E-state index in [9.17, 15) is 5.11 Å². The summed E-state index contributed by atoms with van der Waals surface area (Å²) in [7, 11) is 3.84. The Bertz CT molecular complexity index is 988. The largest absolute Gasteiger partial charge is 0.388 e. The highest BCUT2D eigenvalue weighted by Crippen LogP contribution is 2.25. The van der Waals surface area contributed by atoms with E-state index < -0.39 is 5.60 Å². The van der Waals surface area contributed by atoms with Crippen LogP contribution >= 0.6 is 0 Å². The summed E-state index contributed by atoms with van der Waals surface area (Å²) in [6, 6.07) is 9.97. The van der Waals surface area contributed by atoms with Crippen LogP contribution in [-0.4, -0.2) is 46.3 Å². The third-order valence-electron chi connectivity index (χ3n) is 5.09. The number of anilines is 3. The molecule has 0 amide bonds. The molecule has 0 saturated heterocycles. The number of benzene rings is 1. The van der Waals surface area contributed by atoms with Crippen LogP contribution in [0.1, 0.15) is 44.9 Å². The highest BCUT2D eigenvalue weighted by atomic mass is 16.3. The van der Waals surface area contributed by atoms with Crippen LogP contribution in [0.15, 0.2) is 54.6 Å². The van der Waals surface area contributed by atoms with Gasteiger partial charge in [-0.05, 0) is 25.5 Å². The van der Waals surface area contributed by atoms with Gasteiger partial charge in [0.05, 0.1) is 11.5 Å². The van der Waals surface area contributed by atoms with E-state index in [1.54, 1.807) is 0 Å². The topological polar surface area (TPSA) is 65.4 Å². The monoisotopic (exact) mass is 417 g/mol. The predicted octanol–water partition coefficient (Wildman–Crippen LogP) is 4.23. The highest BCUT2D eigenvalue weighted by Gasteiger charge is 2.24. The normalized spacial score (nSPS) is 18.2. The summed E-state index contributed by atoms with van der Waals surface area (Å²) in [6.45, 7) is 4.34. The van der Waals surface area contributed by atoms with Gasteiger partial charge in [0.15, 0.2) is 5.82 Å². The van der Waals surface area contributed by atoms with Crippen LogP contribution in [0.25, 0.3) is 0 Å². The molecule has 1 aromatic heterocycles. The molecule has 162 valence electrons. The van der Waals surface area contributed by atoms with Gasteiger partial charge in [-0.1, -0.05) is 67.7 Å². The molecule has 2 unspecified atom stereocenters. The van der Waals surface area contributed by atoms with E-state index in [1.807, 2.05) is 85.5 Å². The van der Waals surface area contributed by atoms with Crippen molar-refractivity contribution in [3.63, 3.8) is 0 Å². The lowest BCUT2D eigenvalue weighted by atomic mass is 10.0. The molecule has 0 saturated carbocycles. The highest BCUT2D eigenvalue weighted by molar-refractivity contribution is 5.57. The van der Waals surface area contributed by atoms with Crippen LogP contribution in [0.5, 0.6) is 0 Å². The smallest absolute Gasteiger partial charge is 0.234 e. The zero-order valence-electron chi connectivity index (χ0n) is 18.8. The van der Waals surface area contributed by atoms with E-state index >= 15 is 0 Å². The van der Waals surface area contributed by atoms with Gasteiger partial charge in [-0.25, -0.2) is 0 Å². The maximum Gasteiger partial charge on any atom is 0.234 e. The van der Waals surface area contributed by atoms with Crippen molar-refractivity contribution < 1.29 is 5.11 Å². The second-order valence-electron chi connectivity index (χ2n) is 8.11. The second kappa shape index (κ2) is 10.2. The van der Waals surface area contributed by atoms with E-state index in [0.717, 1.165) is 12.1 Å². The van der Waals surface area contributed by atoms with Gasteiger partial charge in [-0.2, -0.15) is 15.0 Å². The standard InChI is InChI=1S/C25H31N5O/c1-5-18-25(2,31)19-29(3)23-26-22(20-14-10-7-6-8-11-15-20)27-24(28-23)30(4)21-16-12-9-13-17-21/h6-7,9-10,12-14,16-17,20,31H,5,8,18-19H2,1-4H3/b7-6-,14-10?. The number of nitrogens with zero attached hydrogens (tertiary/aromatic N) is 5. The van der Waals surface area contributed by atoms with Crippen LogP contribution < -0.4 is 9.80 Å². The number of hydrogen-bond acceptors (Lipinski definition) is 6. The van der Waals surface area contributed by atoms with Gasteiger partial charge >= 0.3 is 0 Å². The summed E-state index contributed by atoms with van der Waals surface area (Å²) in [5.74, 6) is 7.86. The van der Waals surface area contributed by atoms with Gasteiger partial charge in [-0.15, -0.1) is 0 Å². The van der Waals surface area contributed by atoms with Crippen LogP contribution in [0.3, 0.4) is 0 Å². The maximum absolute atomic E-state index is 10.7. The summed E-state index contributed by atoms with van der Waals surface area (Å²) in [5, 5.41) is 10.7. The Morgan fingerprint density at radius 2 is 1.84 bits per heavy atom. The quantitative estimate of drug-likeness (QED) is 0.649. The van der Waals surface area contributed by atoms with Gasteiger partial charge in [0, 0.05) is 32.7 Å². The summed E-state index contributed by atoms with van der Waals surface area (Å²) in [4.78, 5) is 18.0. The van der Waals surface area contributed by atoms with Crippen molar-refractivity contribution in [1.82, 2.24) is 15.0 Å². The van der Waals surface area contributed by atoms with Crippen molar-refractivity contribution in [2.24, 2.45) is 0 Å². The first kappa shape index (κ1) is 22.5. The molecule has 1 aliphatic rings. The average Bonchev–Trinajstić information content (AvgIpc) is 2.73. The molecule has 31 heavy (non-hydrogen) atoms. The van der Waals surface area contributed by atoms with E-state index in [4.69, 9.17) is 15.0 Å². The zero-order chi connectivity index (χ0) is 22.3. The van der Waals surface area contributed by atoms with Gasteiger partial charge < -0.3 is 14.9 Å². The molecule has 2 atom stereocenters. The van der Waals surface area contributed by atoms with Crippen LogP contribution in [-0.2, 0) is 0 Å². The number of allylic oxidation sites excluding steroid dienone is 4. The van der Waals surface area contributed by atoms with Gasteiger partial charge in [0.25, 0.3) is 0 Å². The van der Waals surface area contributed by atoms with Crippen LogP contribution in [0.4, 0.5) is 17.6 Å². The summed E-state index contributed by atoms with van der Waals surface area (Å²) < 4.78 is 0. The minimum atomic E-state index is -0.827. The fourth-order valence-electron chi connectivity index (χ4n) is 3.54. The number of likely N-dealkylation sites (N-methyl/N-ethyl adjacent to an activating group) is 1. The summed E-state index contributed by atoms with van der Waals surface area (Å²) in [5.41, 5.74) is 0.153. The molecule has 1 heterocycles. The van der Waals surface area contributed by atoms with E-state index in [0.29, 0.717) is 37.1 Å². The molecule has 6 nitrogen and oxygen atoms in total. The molecule has 1 N–H and O–H groups in total. The van der Waals surface area contributed by atoms with E-state index in [2.05, 4.69) is 18.8 Å². The Hall–Kier alpha value is -3.17. The molecule has 0 spiro atoms. The molecule has 1 aliphatic carbocycles. The van der Waals surface area contributed by atoms with Crippen molar-refractivity contribution in [2.75, 3.05) is 30.4 Å². The molecule has 2 aromatic rings. The number of aromatic nitrogens is 3. The number of aliphatic hydroxyl groups is 1. The van der Waals surface area contributed by atoms with Gasteiger partial charge in [0.2, 0.25) is 11.9 Å². The van der Waals surface area contributed by atoms with E-state index in [1.165, 1.54) is 0 Å². The van der Waals surface area contributed by atoms with Crippen molar-refractivity contribution in [2.45, 2.75) is 44.6 Å². The first-order valence-electron chi connectivity index (χ1n) is 10.7. The first-order chi connectivity index (χ1) is 14.9. The Kier molecular flexibility index (Phi) is 7.43. The summed E-state index contributed by atoms with van der Waals surface area (Å²) >= 11 is 0. The Balaban J connectivity index is 2.02. The third kappa shape index (κ3) is 6.16. The van der Waals surface area contributed by atoms with Crippen LogP contribution in [0, 0.1) is 11.8 Å². The fourth-order valence-corrected chi connectivity index (χ4v) is 3.54. The molecule has 1 aromatic carbocycles. The molecular weight excluding hydrogens is 386 g/mol. The first-order valence-corrected chi connectivity index (χ1v) is 10.7. The Labute approximate surface area is 185 Å². The zero-order valence-corrected chi connectivity index (χ0v) is 18.8. The Morgan fingerprint density at radius 3 is 2.58 bits per heavy atom.